The smallest absolute Gasteiger partial charge is 0.406 e. The number of alkyl halides is 5. The van der Waals surface area contributed by atoms with Crippen molar-refractivity contribution in [3.05, 3.63) is 29.8 Å². The number of benzene rings is 1. The molecule has 0 saturated carbocycles. The van der Waals surface area contributed by atoms with Crippen LogP contribution in [0, 0.1) is 0 Å². The lowest BCUT2D eigenvalue weighted by Crippen LogP contribution is -2.16. The normalized spacial score (nSPS) is 11.9. The summed E-state index contributed by atoms with van der Waals surface area (Å²) in [5.41, 5.74) is 0.819. The molecular formula is C8H5Br2F3O. The second-order valence-electron chi connectivity index (χ2n) is 2.42. The average molecular weight is 334 g/mol. The Morgan fingerprint density at radius 2 is 1.57 bits per heavy atom. The van der Waals surface area contributed by atoms with E-state index in [1.54, 1.807) is 0 Å². The predicted octanol–water partition coefficient (Wildman–Crippen LogP) is 4.37. The Morgan fingerprint density at radius 1 is 1.07 bits per heavy atom. The van der Waals surface area contributed by atoms with Gasteiger partial charge in [-0.1, -0.05) is 44.0 Å². The summed E-state index contributed by atoms with van der Waals surface area (Å²) in [5, 5.41) is 0. The first-order valence-electron chi connectivity index (χ1n) is 3.52. The molecule has 0 aliphatic heterocycles. The van der Waals surface area contributed by atoms with Gasteiger partial charge in [0.1, 0.15) is 5.75 Å². The minimum absolute atomic E-state index is 0.0741. The molecule has 0 atom stereocenters. The van der Waals surface area contributed by atoms with E-state index in [0.29, 0.717) is 0 Å². The summed E-state index contributed by atoms with van der Waals surface area (Å²) in [6.07, 6.45) is -4.64. The second-order valence-corrected chi connectivity index (χ2v) is 5.48. The topological polar surface area (TPSA) is 9.23 Å². The Kier molecular flexibility index (Phi) is 3.83. The van der Waals surface area contributed by atoms with E-state index >= 15 is 0 Å². The monoisotopic (exact) mass is 332 g/mol. The number of rotatable bonds is 2. The molecule has 0 amide bonds. The van der Waals surface area contributed by atoms with Crippen molar-refractivity contribution in [1.82, 2.24) is 0 Å². The maximum atomic E-state index is 11.8. The van der Waals surface area contributed by atoms with Gasteiger partial charge >= 0.3 is 6.36 Å². The number of halogens is 5. The van der Waals surface area contributed by atoms with Crippen molar-refractivity contribution in [2.45, 2.75) is 10.1 Å². The standard InChI is InChI=1S/C8H5Br2F3O/c9-7(10)5-1-3-6(4-2-5)14-8(11,12)13/h1-4,7H. The van der Waals surface area contributed by atoms with Crippen LogP contribution in [0.5, 0.6) is 5.75 Å². The first-order valence-corrected chi connectivity index (χ1v) is 5.35. The fraction of sp³-hybridized carbons (Fsp3) is 0.250. The molecule has 0 saturated heterocycles. The summed E-state index contributed by atoms with van der Waals surface area (Å²) in [6, 6.07) is 5.60. The van der Waals surface area contributed by atoms with Crippen molar-refractivity contribution >= 4 is 31.9 Å². The predicted molar refractivity (Wildman–Crippen MR) is 53.7 cm³/mol. The van der Waals surface area contributed by atoms with Crippen molar-refractivity contribution in [3.8, 4) is 5.75 Å². The highest BCUT2D eigenvalue weighted by molar-refractivity contribution is 9.24. The summed E-state index contributed by atoms with van der Waals surface area (Å²) in [7, 11) is 0. The van der Waals surface area contributed by atoms with E-state index in [2.05, 4.69) is 36.6 Å². The van der Waals surface area contributed by atoms with Gasteiger partial charge < -0.3 is 4.74 Å². The highest BCUT2D eigenvalue weighted by Gasteiger charge is 2.30. The molecule has 0 radical (unpaired) electrons. The summed E-state index contributed by atoms with van der Waals surface area (Å²) in [5.74, 6) is -0.220. The van der Waals surface area contributed by atoms with E-state index in [9.17, 15) is 13.2 Å². The number of hydrogen-bond donors (Lipinski definition) is 0. The van der Waals surface area contributed by atoms with Crippen LogP contribution in [0.1, 0.15) is 9.30 Å². The summed E-state index contributed by atoms with van der Waals surface area (Å²) >= 11 is 6.44. The van der Waals surface area contributed by atoms with Crippen LogP contribution in [0.2, 0.25) is 0 Å². The summed E-state index contributed by atoms with van der Waals surface area (Å²) < 4.78 is 38.9. The van der Waals surface area contributed by atoms with E-state index < -0.39 is 6.36 Å². The third kappa shape index (κ3) is 3.88. The maximum Gasteiger partial charge on any atom is 0.573 e. The zero-order valence-corrected chi connectivity index (χ0v) is 9.86. The molecule has 1 nitrogen and oxygen atoms in total. The van der Waals surface area contributed by atoms with Crippen LogP contribution < -0.4 is 4.74 Å². The van der Waals surface area contributed by atoms with E-state index in [1.165, 1.54) is 24.3 Å². The molecule has 1 rings (SSSR count). The molecule has 0 fully saturated rings. The molecule has 78 valence electrons. The Hall–Kier alpha value is -0.230. The van der Waals surface area contributed by atoms with Crippen LogP contribution in [0.3, 0.4) is 0 Å². The van der Waals surface area contributed by atoms with Crippen molar-refractivity contribution < 1.29 is 17.9 Å². The molecule has 0 aromatic heterocycles. The number of ether oxygens (including phenoxy) is 1. The van der Waals surface area contributed by atoms with E-state index in [4.69, 9.17) is 0 Å². The lowest BCUT2D eigenvalue weighted by molar-refractivity contribution is -0.274. The van der Waals surface area contributed by atoms with Gasteiger partial charge in [0.25, 0.3) is 0 Å². The minimum Gasteiger partial charge on any atom is -0.406 e. The highest BCUT2D eigenvalue weighted by atomic mass is 79.9. The summed E-state index contributed by atoms with van der Waals surface area (Å²) in [4.78, 5) is 0. The van der Waals surface area contributed by atoms with E-state index in [1.807, 2.05) is 0 Å². The van der Waals surface area contributed by atoms with Crippen LogP contribution in [0.15, 0.2) is 24.3 Å². The molecule has 0 bridgehead atoms. The van der Waals surface area contributed by atoms with Crippen molar-refractivity contribution in [3.63, 3.8) is 0 Å². The van der Waals surface area contributed by atoms with Crippen LogP contribution >= 0.6 is 31.9 Å². The summed E-state index contributed by atoms with van der Waals surface area (Å²) in [6.45, 7) is 0. The van der Waals surface area contributed by atoms with Gasteiger partial charge in [-0.25, -0.2) is 0 Å². The van der Waals surface area contributed by atoms with Crippen molar-refractivity contribution in [1.29, 1.82) is 0 Å². The fourth-order valence-corrected chi connectivity index (χ4v) is 1.43. The molecule has 14 heavy (non-hydrogen) atoms. The molecule has 0 aliphatic rings. The first-order chi connectivity index (χ1) is 6.38. The van der Waals surface area contributed by atoms with Crippen LogP contribution in [-0.2, 0) is 0 Å². The van der Waals surface area contributed by atoms with E-state index in [-0.39, 0.29) is 9.49 Å². The molecule has 1 aromatic carbocycles. The van der Waals surface area contributed by atoms with Gasteiger partial charge in [0.2, 0.25) is 0 Å². The van der Waals surface area contributed by atoms with Gasteiger partial charge in [0.05, 0.1) is 3.74 Å². The average Bonchev–Trinajstić information content (AvgIpc) is 2.02. The van der Waals surface area contributed by atoms with Gasteiger partial charge in [-0.3, -0.25) is 0 Å². The van der Waals surface area contributed by atoms with Crippen molar-refractivity contribution in [2.75, 3.05) is 0 Å². The largest absolute Gasteiger partial charge is 0.573 e. The molecule has 1 aromatic rings. The zero-order valence-electron chi connectivity index (χ0n) is 6.68. The Balaban J connectivity index is 2.74. The quantitative estimate of drug-likeness (QED) is 0.730. The molecule has 0 unspecified atom stereocenters. The third-order valence-electron chi connectivity index (χ3n) is 1.37. The van der Waals surface area contributed by atoms with E-state index in [0.717, 1.165) is 5.56 Å². The first kappa shape index (κ1) is 11.8. The van der Waals surface area contributed by atoms with Gasteiger partial charge in [-0.15, -0.1) is 13.2 Å². The zero-order chi connectivity index (χ0) is 10.8. The molecule has 6 heteroatoms. The molecule has 0 aliphatic carbocycles. The second kappa shape index (κ2) is 4.53. The van der Waals surface area contributed by atoms with Crippen LogP contribution in [0.25, 0.3) is 0 Å². The van der Waals surface area contributed by atoms with Gasteiger partial charge in [-0.2, -0.15) is 0 Å². The molecular weight excluding hydrogens is 329 g/mol. The van der Waals surface area contributed by atoms with Gasteiger partial charge in [0.15, 0.2) is 0 Å². The maximum absolute atomic E-state index is 11.8. The lowest BCUT2D eigenvalue weighted by Gasteiger charge is -2.09. The lowest BCUT2D eigenvalue weighted by atomic mass is 10.2. The number of hydrogen-bond acceptors (Lipinski definition) is 1. The highest BCUT2D eigenvalue weighted by Crippen LogP contribution is 2.31. The van der Waals surface area contributed by atoms with Gasteiger partial charge in [0, 0.05) is 0 Å². The van der Waals surface area contributed by atoms with Crippen LogP contribution in [0.4, 0.5) is 13.2 Å². The SMILES string of the molecule is FC(F)(F)Oc1ccc(C(Br)Br)cc1. The Labute approximate surface area is 95.5 Å². The Bertz CT molecular complexity index is 294. The van der Waals surface area contributed by atoms with Crippen molar-refractivity contribution in [2.24, 2.45) is 0 Å². The minimum atomic E-state index is -4.64. The van der Waals surface area contributed by atoms with Gasteiger partial charge in [-0.05, 0) is 17.7 Å². The molecule has 0 N–H and O–H groups in total. The molecule has 0 spiro atoms. The third-order valence-corrected chi connectivity index (χ3v) is 2.42. The molecule has 0 heterocycles. The van der Waals surface area contributed by atoms with Crippen LogP contribution in [-0.4, -0.2) is 6.36 Å². The Morgan fingerprint density at radius 3 is 1.93 bits per heavy atom. The fourth-order valence-electron chi connectivity index (χ4n) is 0.815.